The smallest absolute Gasteiger partial charge is 0.160 e. The van der Waals surface area contributed by atoms with Gasteiger partial charge in [0.2, 0.25) is 0 Å². The Morgan fingerprint density at radius 3 is 1.17 bits per heavy atom. The maximum absolute atomic E-state index is 5.41. The van der Waals surface area contributed by atoms with E-state index < -0.39 is 0 Å². The lowest BCUT2D eigenvalue weighted by atomic mass is 9.89. The van der Waals surface area contributed by atoms with E-state index in [0.717, 1.165) is 61.5 Å². The molecule has 12 rings (SSSR count). The Morgan fingerprint density at radius 1 is 0.219 bits per heavy atom. The van der Waals surface area contributed by atoms with Gasteiger partial charge in [-0.2, -0.15) is 0 Å². The fourth-order valence-corrected chi connectivity index (χ4v) is 9.29. The summed E-state index contributed by atoms with van der Waals surface area (Å²) >= 11 is 0. The van der Waals surface area contributed by atoms with Gasteiger partial charge in [-0.05, 0) is 73.1 Å². The molecule has 0 atom stereocenters. The normalized spacial score (nSPS) is 11.4. The second-order valence-corrected chi connectivity index (χ2v) is 16.3. The molecular weight excluding hydrogens is 775 g/mol. The van der Waals surface area contributed by atoms with Crippen molar-refractivity contribution in [2.75, 3.05) is 0 Å². The first kappa shape index (κ1) is 37.2. The first-order valence-electron chi connectivity index (χ1n) is 21.8. The van der Waals surface area contributed by atoms with Crippen molar-refractivity contribution in [2.45, 2.75) is 0 Å². The summed E-state index contributed by atoms with van der Waals surface area (Å²) < 4.78 is 0. The standard InChI is InChI=1S/C61H39N3/c1-3-14-40(15-4-1)42-26-32-45(33-27-42)56-39-57(64-61(63-56)47-36-30-43(31-37-47)41-16-5-2-6-17-41)46-34-28-44(29-35-46)48-18-13-19-49(38-48)60-59-53-23-10-8-21-51(53)50-20-7-9-22-52(50)58(59)54-24-11-12-25-55(54)62-60/h1-39H. The highest BCUT2D eigenvalue weighted by Gasteiger charge is 2.18. The van der Waals surface area contributed by atoms with E-state index >= 15 is 0 Å². The highest BCUT2D eigenvalue weighted by Crippen LogP contribution is 2.43. The third-order valence-corrected chi connectivity index (χ3v) is 12.5. The van der Waals surface area contributed by atoms with Crippen LogP contribution in [0.4, 0.5) is 0 Å². The van der Waals surface area contributed by atoms with Gasteiger partial charge in [-0.15, -0.1) is 0 Å². The molecule has 0 spiro atoms. The zero-order chi connectivity index (χ0) is 42.4. The van der Waals surface area contributed by atoms with Crippen LogP contribution >= 0.6 is 0 Å². The average Bonchev–Trinajstić information content (AvgIpc) is 3.39. The van der Waals surface area contributed by atoms with Gasteiger partial charge in [0.1, 0.15) is 0 Å². The zero-order valence-corrected chi connectivity index (χ0v) is 34.9. The minimum absolute atomic E-state index is 0.687. The number of rotatable bonds is 7. The first-order valence-corrected chi connectivity index (χ1v) is 21.8. The van der Waals surface area contributed by atoms with E-state index in [2.05, 4.69) is 224 Å². The summed E-state index contributed by atoms with van der Waals surface area (Å²) in [5.74, 6) is 0.687. The molecule has 12 aromatic rings. The molecule has 0 saturated heterocycles. The lowest BCUT2D eigenvalue weighted by molar-refractivity contribution is 1.18. The van der Waals surface area contributed by atoms with Crippen LogP contribution in [0.15, 0.2) is 237 Å². The lowest BCUT2D eigenvalue weighted by Gasteiger charge is -2.16. The number of pyridine rings is 1. The molecule has 0 N–H and O–H groups in total. The predicted octanol–water partition coefficient (Wildman–Crippen LogP) is 16.2. The van der Waals surface area contributed by atoms with Gasteiger partial charge in [0.25, 0.3) is 0 Å². The van der Waals surface area contributed by atoms with Crippen molar-refractivity contribution in [3.8, 4) is 78.5 Å². The zero-order valence-electron chi connectivity index (χ0n) is 34.9. The fourth-order valence-electron chi connectivity index (χ4n) is 9.29. The highest BCUT2D eigenvalue weighted by molar-refractivity contribution is 6.33. The summed E-state index contributed by atoms with van der Waals surface area (Å²) in [6.07, 6.45) is 0. The number of benzene rings is 10. The molecule has 10 aromatic carbocycles. The van der Waals surface area contributed by atoms with Crippen LogP contribution in [0.2, 0.25) is 0 Å². The Morgan fingerprint density at radius 2 is 0.609 bits per heavy atom. The van der Waals surface area contributed by atoms with Crippen LogP contribution in [0.25, 0.3) is 122 Å². The quantitative estimate of drug-likeness (QED) is 0.150. The summed E-state index contributed by atoms with van der Waals surface area (Å²) in [6.45, 7) is 0. The van der Waals surface area contributed by atoms with Crippen LogP contribution in [-0.2, 0) is 0 Å². The maximum atomic E-state index is 5.41. The summed E-state index contributed by atoms with van der Waals surface area (Å²) in [5.41, 5.74) is 14.8. The number of fused-ring (bicyclic) bond motifs is 8. The molecule has 0 saturated carbocycles. The highest BCUT2D eigenvalue weighted by atomic mass is 14.9. The number of hydrogen-bond donors (Lipinski definition) is 0. The van der Waals surface area contributed by atoms with E-state index in [1.54, 1.807) is 0 Å². The van der Waals surface area contributed by atoms with E-state index in [9.17, 15) is 0 Å². The van der Waals surface area contributed by atoms with Gasteiger partial charge >= 0.3 is 0 Å². The van der Waals surface area contributed by atoms with Gasteiger partial charge in [0.05, 0.1) is 22.6 Å². The van der Waals surface area contributed by atoms with Crippen molar-refractivity contribution in [3.05, 3.63) is 237 Å². The van der Waals surface area contributed by atoms with Gasteiger partial charge in [0.15, 0.2) is 5.82 Å². The Bertz CT molecular complexity index is 3570. The summed E-state index contributed by atoms with van der Waals surface area (Å²) in [5, 5.41) is 8.54. The van der Waals surface area contributed by atoms with E-state index in [1.165, 1.54) is 54.4 Å². The van der Waals surface area contributed by atoms with Gasteiger partial charge in [-0.3, -0.25) is 0 Å². The Hall–Kier alpha value is -8.53. The van der Waals surface area contributed by atoms with E-state index in [4.69, 9.17) is 15.0 Å². The van der Waals surface area contributed by atoms with Crippen molar-refractivity contribution in [2.24, 2.45) is 0 Å². The van der Waals surface area contributed by atoms with Crippen LogP contribution in [0.5, 0.6) is 0 Å². The van der Waals surface area contributed by atoms with Crippen molar-refractivity contribution in [3.63, 3.8) is 0 Å². The molecule has 3 heteroatoms. The van der Waals surface area contributed by atoms with Crippen molar-refractivity contribution in [1.29, 1.82) is 0 Å². The summed E-state index contributed by atoms with van der Waals surface area (Å²) in [4.78, 5) is 15.8. The van der Waals surface area contributed by atoms with E-state index in [-0.39, 0.29) is 0 Å². The molecule has 0 fully saturated rings. The van der Waals surface area contributed by atoms with Gasteiger partial charge in [-0.1, -0.05) is 218 Å². The van der Waals surface area contributed by atoms with Crippen LogP contribution in [0, 0.1) is 0 Å². The monoisotopic (exact) mass is 813 g/mol. The molecule has 298 valence electrons. The largest absolute Gasteiger partial charge is 0.247 e. The Kier molecular flexibility index (Phi) is 9.16. The molecule has 3 nitrogen and oxygen atoms in total. The second-order valence-electron chi connectivity index (χ2n) is 16.3. The minimum atomic E-state index is 0.687. The molecule has 2 heterocycles. The number of hydrogen-bond acceptors (Lipinski definition) is 3. The Labute approximate surface area is 371 Å². The van der Waals surface area contributed by atoms with E-state index in [1.807, 2.05) is 12.1 Å². The minimum Gasteiger partial charge on any atom is -0.247 e. The van der Waals surface area contributed by atoms with Gasteiger partial charge in [0, 0.05) is 38.4 Å². The summed E-state index contributed by atoms with van der Waals surface area (Å²) in [6, 6.07) is 83.9. The molecule has 0 aliphatic carbocycles. The third kappa shape index (κ3) is 6.68. The molecular formula is C61H39N3. The topological polar surface area (TPSA) is 38.7 Å². The van der Waals surface area contributed by atoms with Crippen molar-refractivity contribution < 1.29 is 0 Å². The number of aromatic nitrogens is 3. The fraction of sp³-hybridized carbons (Fsp3) is 0. The molecule has 0 unspecified atom stereocenters. The number of para-hydroxylation sites is 1. The van der Waals surface area contributed by atoms with Crippen LogP contribution in [0.3, 0.4) is 0 Å². The van der Waals surface area contributed by atoms with Crippen LogP contribution in [0.1, 0.15) is 0 Å². The molecule has 0 aliphatic rings. The molecule has 64 heavy (non-hydrogen) atoms. The van der Waals surface area contributed by atoms with Crippen LogP contribution < -0.4 is 0 Å². The molecule has 0 radical (unpaired) electrons. The molecule has 0 amide bonds. The summed E-state index contributed by atoms with van der Waals surface area (Å²) in [7, 11) is 0. The van der Waals surface area contributed by atoms with Gasteiger partial charge in [-0.25, -0.2) is 15.0 Å². The van der Waals surface area contributed by atoms with Gasteiger partial charge < -0.3 is 0 Å². The number of nitrogens with zero attached hydrogens (tertiary/aromatic N) is 3. The molecule has 0 bridgehead atoms. The Balaban J connectivity index is 0.946. The first-order chi connectivity index (χ1) is 31.7. The third-order valence-electron chi connectivity index (χ3n) is 12.5. The SMILES string of the molecule is c1ccc(-c2ccc(-c3cc(-c4ccc(-c5cccc(-c6nc7ccccc7c7c8ccccc8c8ccccc8c67)c5)cc4)nc(-c4ccc(-c5ccccc5)cc4)n3)cc2)cc1. The predicted molar refractivity (Wildman–Crippen MR) is 268 cm³/mol. The van der Waals surface area contributed by atoms with Crippen LogP contribution in [-0.4, -0.2) is 15.0 Å². The average molecular weight is 814 g/mol. The van der Waals surface area contributed by atoms with E-state index in [0.29, 0.717) is 5.82 Å². The van der Waals surface area contributed by atoms with Crippen molar-refractivity contribution in [1.82, 2.24) is 15.0 Å². The van der Waals surface area contributed by atoms with Crippen molar-refractivity contribution >= 4 is 43.2 Å². The maximum Gasteiger partial charge on any atom is 0.160 e. The second kappa shape index (κ2) is 15.7. The molecule has 2 aromatic heterocycles. The lowest BCUT2D eigenvalue weighted by Crippen LogP contribution is -1.96. The molecule has 0 aliphatic heterocycles.